The van der Waals surface area contributed by atoms with Crippen LogP contribution in [-0.4, -0.2) is 81.4 Å². The molecular weight excluding hydrogens is 634 g/mol. The first-order valence-electron chi connectivity index (χ1n) is 15.1. The van der Waals surface area contributed by atoms with E-state index >= 15 is 0 Å². The number of benzene rings is 2. The number of anilines is 1. The van der Waals surface area contributed by atoms with Crippen molar-refractivity contribution in [3.8, 4) is 5.75 Å². The number of amides is 3. The number of Topliss-reactive ketones (excluding diaryl/α,β-unsaturated/α-hetero) is 2. The van der Waals surface area contributed by atoms with E-state index in [9.17, 15) is 53.1 Å². The number of hydrogen-bond acceptors (Lipinski definition) is 11. The monoisotopic (exact) mass is 673 g/mol. The number of hydrogen-bond donors (Lipinski definition) is 8. The molecule has 2 aromatic rings. The van der Waals surface area contributed by atoms with E-state index in [1.807, 2.05) is 4.72 Å². The highest BCUT2D eigenvalue weighted by Crippen LogP contribution is 2.68. The number of carbonyl (C=O) groups excluding carboxylic acids is 4. The topological polar surface area (TPSA) is 254 Å². The van der Waals surface area contributed by atoms with Crippen molar-refractivity contribution in [3.63, 3.8) is 0 Å². The highest BCUT2D eigenvalue weighted by Gasteiger charge is 2.80. The number of aromatic hydroxyl groups is 1. The Morgan fingerprint density at radius 3 is 2.15 bits per heavy atom. The van der Waals surface area contributed by atoms with Gasteiger partial charge in [-0.3, -0.25) is 14.4 Å². The van der Waals surface area contributed by atoms with Crippen LogP contribution in [0.25, 0.3) is 0 Å². The number of ketones is 2. The first-order chi connectivity index (χ1) is 21.7. The Hall–Kier alpha value is -3.89. The summed E-state index contributed by atoms with van der Waals surface area (Å²) in [7, 11) is -4.30. The minimum Gasteiger partial charge on any atom is -0.505 e. The molecule has 47 heavy (non-hydrogen) atoms. The molecule has 2 aromatic carbocycles. The van der Waals surface area contributed by atoms with Gasteiger partial charge in [0, 0.05) is 10.8 Å². The number of primary amides is 1. The molecule has 15 heteroatoms. The van der Waals surface area contributed by atoms with Crippen molar-refractivity contribution in [2.24, 2.45) is 40.2 Å². The summed E-state index contributed by atoms with van der Waals surface area (Å²) in [6, 6.07) is 8.40. The van der Waals surface area contributed by atoms with Gasteiger partial charge in [-0.05, 0) is 41.5 Å². The van der Waals surface area contributed by atoms with Gasteiger partial charge in [0.05, 0.1) is 34.3 Å². The third-order valence-electron chi connectivity index (χ3n) is 11.1. The Bertz CT molecular complexity index is 1780. The lowest BCUT2D eigenvalue weighted by Gasteiger charge is -2.69. The Kier molecular flexibility index (Phi) is 8.13. The van der Waals surface area contributed by atoms with Gasteiger partial charge in [-0.1, -0.05) is 58.9 Å². The molecule has 0 spiro atoms. The number of aliphatic hydroxyl groups excluding tert-OH is 3. The molecule has 0 heterocycles. The van der Waals surface area contributed by atoms with E-state index in [0.29, 0.717) is 0 Å². The number of sulfonamides is 1. The van der Waals surface area contributed by atoms with Crippen molar-refractivity contribution < 1.29 is 53.1 Å². The van der Waals surface area contributed by atoms with E-state index in [1.165, 1.54) is 50.2 Å². The summed E-state index contributed by atoms with van der Waals surface area (Å²) in [5, 5.41) is 61.2. The molecule has 0 radical (unpaired) electrons. The van der Waals surface area contributed by atoms with Crippen molar-refractivity contribution in [2.45, 2.75) is 69.3 Å². The fourth-order valence-electron chi connectivity index (χ4n) is 8.79. The second-order valence-electron chi connectivity index (χ2n) is 13.6. The van der Waals surface area contributed by atoms with E-state index in [1.54, 1.807) is 26.8 Å². The lowest BCUT2D eigenvalue weighted by atomic mass is 9.36. The lowest BCUT2D eigenvalue weighted by Crippen LogP contribution is -2.83. The molecule has 0 bridgehead atoms. The molecule has 0 aromatic heterocycles. The van der Waals surface area contributed by atoms with Gasteiger partial charge in [0.2, 0.25) is 5.91 Å². The number of carbonyl (C=O) groups is 4. The van der Waals surface area contributed by atoms with Gasteiger partial charge in [-0.2, -0.15) is 0 Å². The van der Waals surface area contributed by atoms with E-state index in [0.717, 1.165) is 0 Å². The van der Waals surface area contributed by atoms with E-state index in [4.69, 9.17) is 5.73 Å². The van der Waals surface area contributed by atoms with Gasteiger partial charge in [-0.15, -0.1) is 0 Å². The maximum Gasteiger partial charge on any atom is 0.333 e. The second kappa shape index (κ2) is 11.1. The number of rotatable bonds is 5. The molecule has 5 rings (SSSR count). The summed E-state index contributed by atoms with van der Waals surface area (Å²) < 4.78 is 27.0. The summed E-state index contributed by atoms with van der Waals surface area (Å²) in [5.41, 5.74) is -1.63. The van der Waals surface area contributed by atoms with Crippen LogP contribution in [0, 0.1) is 34.5 Å². The smallest absolute Gasteiger partial charge is 0.333 e. The Labute approximate surface area is 271 Å². The number of phenols is 1. The number of nitrogens with one attached hydrogen (secondary N) is 2. The molecule has 254 valence electrons. The fraction of sp³-hybridized carbons (Fsp3) is 0.500. The van der Waals surface area contributed by atoms with Crippen molar-refractivity contribution in [2.75, 3.05) is 5.32 Å². The average Bonchev–Trinajstić information content (AvgIpc) is 2.98. The number of urea groups is 1. The molecule has 2 fully saturated rings. The van der Waals surface area contributed by atoms with Crippen LogP contribution in [0.5, 0.6) is 5.75 Å². The molecule has 3 aliphatic carbocycles. The van der Waals surface area contributed by atoms with Gasteiger partial charge in [0.15, 0.2) is 17.2 Å². The van der Waals surface area contributed by atoms with Crippen LogP contribution in [0.4, 0.5) is 10.5 Å². The minimum absolute atomic E-state index is 0.202. The normalized spacial score (nSPS) is 36.6. The number of aliphatic hydroxyl groups is 4. The van der Waals surface area contributed by atoms with Gasteiger partial charge < -0.3 is 36.6 Å². The van der Waals surface area contributed by atoms with Crippen LogP contribution in [-0.2, 0) is 19.6 Å². The summed E-state index contributed by atoms with van der Waals surface area (Å²) >= 11 is 0. The zero-order valence-electron chi connectivity index (χ0n) is 26.3. The average molecular weight is 674 g/mol. The highest BCUT2D eigenvalue weighted by atomic mass is 32.2. The number of nitrogens with two attached hydrogens (primary N) is 1. The lowest BCUT2D eigenvalue weighted by molar-refractivity contribution is -0.306. The Balaban J connectivity index is 1.61. The Morgan fingerprint density at radius 1 is 1.00 bits per heavy atom. The molecule has 9 N–H and O–H groups in total. The van der Waals surface area contributed by atoms with E-state index < -0.39 is 109 Å². The van der Waals surface area contributed by atoms with Crippen molar-refractivity contribution in [1.82, 2.24) is 4.72 Å². The maximum atomic E-state index is 14.3. The zero-order chi connectivity index (χ0) is 35.2. The van der Waals surface area contributed by atoms with E-state index in [-0.39, 0.29) is 16.1 Å². The van der Waals surface area contributed by atoms with Crippen LogP contribution in [0.1, 0.15) is 56.5 Å². The first kappa shape index (κ1) is 34.4. The predicted molar refractivity (Wildman–Crippen MR) is 165 cm³/mol. The molecule has 2 unspecified atom stereocenters. The van der Waals surface area contributed by atoms with Crippen LogP contribution >= 0.6 is 0 Å². The van der Waals surface area contributed by atoms with Gasteiger partial charge in [0.1, 0.15) is 17.8 Å². The largest absolute Gasteiger partial charge is 0.505 e. The van der Waals surface area contributed by atoms with Crippen LogP contribution in [0.15, 0.2) is 47.4 Å². The summed E-state index contributed by atoms with van der Waals surface area (Å²) in [6.07, 6.45) is -5.71. The number of fused-ring (bicyclic) bond motifs is 3. The van der Waals surface area contributed by atoms with Crippen molar-refractivity contribution in [1.29, 1.82) is 0 Å². The zero-order valence-corrected chi connectivity index (χ0v) is 27.1. The van der Waals surface area contributed by atoms with Crippen LogP contribution in [0.2, 0.25) is 0 Å². The molecular formula is C32H39N3O11S. The molecule has 10 atom stereocenters. The number of phenolic OH excluding ortho intramolecular Hbond substituents is 1. The fourth-order valence-corrected chi connectivity index (χ4v) is 9.72. The molecule has 0 aliphatic heterocycles. The van der Waals surface area contributed by atoms with Crippen LogP contribution in [0.3, 0.4) is 0 Å². The molecule has 14 nitrogen and oxygen atoms in total. The summed E-state index contributed by atoms with van der Waals surface area (Å²) in [4.78, 5) is 53.2. The van der Waals surface area contributed by atoms with Gasteiger partial charge in [-0.25, -0.2) is 17.9 Å². The maximum absolute atomic E-state index is 14.3. The van der Waals surface area contributed by atoms with Gasteiger partial charge >= 0.3 is 6.03 Å². The summed E-state index contributed by atoms with van der Waals surface area (Å²) in [5.74, 6) is -10.6. The predicted octanol–water partition coefficient (Wildman–Crippen LogP) is 0.615. The van der Waals surface area contributed by atoms with Crippen molar-refractivity contribution >= 4 is 39.2 Å². The summed E-state index contributed by atoms with van der Waals surface area (Å²) in [6.45, 7) is 7.76. The van der Waals surface area contributed by atoms with Crippen molar-refractivity contribution in [3.05, 3.63) is 53.6 Å². The third kappa shape index (κ3) is 4.47. The third-order valence-corrected chi connectivity index (χ3v) is 12.5. The SMILES string of the molecule is CC(C)[C@H]1C(O)[C@@H](C(N)=O)C(=O)[C@]2(O)C(O)[C@H]3C(=O)c4c(ccc(NC(=O)NS(=O)(=O)c5ccccc5)c4O)[C@@H](C)[C@]3(C)[C@@H](O)[C@]12C. The highest BCUT2D eigenvalue weighted by molar-refractivity contribution is 7.90. The second-order valence-corrected chi connectivity index (χ2v) is 15.3. The first-order valence-corrected chi connectivity index (χ1v) is 16.6. The molecule has 3 amide bonds. The Morgan fingerprint density at radius 2 is 1.60 bits per heavy atom. The van der Waals surface area contributed by atoms with E-state index in [2.05, 4.69) is 5.32 Å². The van der Waals surface area contributed by atoms with Gasteiger partial charge in [0.25, 0.3) is 10.0 Å². The minimum atomic E-state index is -4.30. The molecule has 3 aliphatic rings. The quantitative estimate of drug-likeness (QED) is 0.161. The molecule has 0 saturated heterocycles. The standard InChI is InChI=1S/C32H39N3O11S/c1-13(2)20-24(38)19(27(33)41)25(39)32(44)26(40)21-23(37)18-16(14(3)30(21,4)28(42)31(20,32)5)11-12-17(22(18)36)34-29(43)35-47(45,46)15-9-7-6-8-10-15/h6-14,19-21,24,26,28,36,38,40,42,44H,1-5H3,(H2,33,41)(H2,34,35,43)/t14-,19-,20+,21-,24?,26?,28-,30+,31+,32+/m1/s1. The molecule has 2 saturated carbocycles. The van der Waals surface area contributed by atoms with Crippen LogP contribution < -0.4 is 15.8 Å².